The minimum absolute atomic E-state index is 0.00959. The number of alkyl carbamates (subject to hydrolysis) is 1. The summed E-state index contributed by atoms with van der Waals surface area (Å²) in [4.78, 5) is 35.9. The lowest BCUT2D eigenvalue weighted by atomic mass is 9.96. The lowest BCUT2D eigenvalue weighted by Gasteiger charge is -2.29. The third-order valence-electron chi connectivity index (χ3n) is 5.31. The van der Waals surface area contributed by atoms with Crippen molar-refractivity contribution in [2.75, 3.05) is 18.5 Å². The van der Waals surface area contributed by atoms with Gasteiger partial charge in [0.1, 0.15) is 24.0 Å². The number of rotatable bonds is 5. The number of fused-ring (bicyclic) bond motifs is 1. The van der Waals surface area contributed by atoms with Crippen LogP contribution in [0.1, 0.15) is 40.4 Å². The number of hydrogen-bond acceptors (Lipinski definition) is 5. The molecule has 32 heavy (non-hydrogen) atoms. The highest BCUT2D eigenvalue weighted by atomic mass is 19.1. The number of hydrogen-bond donors (Lipinski definition) is 3. The third-order valence-corrected chi connectivity index (χ3v) is 5.31. The number of ether oxygens (including phenoxy) is 2. The molecule has 0 bridgehead atoms. The van der Waals surface area contributed by atoms with E-state index in [0.29, 0.717) is 11.3 Å². The summed E-state index contributed by atoms with van der Waals surface area (Å²) in [5.41, 5.74) is 0.877. The van der Waals surface area contributed by atoms with Crippen molar-refractivity contribution < 1.29 is 32.6 Å². The molecule has 2 aromatic rings. The molecule has 0 unspecified atom stereocenters. The monoisotopic (exact) mass is 445 g/mol. The fourth-order valence-corrected chi connectivity index (χ4v) is 3.61. The second-order valence-corrected chi connectivity index (χ2v) is 7.66. The first kappa shape index (κ1) is 21.5. The zero-order chi connectivity index (χ0) is 22.8. The highest BCUT2D eigenvalue weighted by Crippen LogP contribution is 2.37. The van der Waals surface area contributed by atoms with Gasteiger partial charge in [-0.3, -0.25) is 9.59 Å². The Kier molecular flexibility index (Phi) is 5.93. The number of benzene rings is 2. The van der Waals surface area contributed by atoms with Crippen LogP contribution in [0.2, 0.25) is 0 Å². The number of anilines is 1. The molecule has 2 heterocycles. The molecule has 2 aliphatic heterocycles. The number of amides is 3. The van der Waals surface area contributed by atoms with E-state index in [0.717, 1.165) is 6.07 Å². The Labute approximate surface area is 182 Å². The Morgan fingerprint density at radius 2 is 1.97 bits per heavy atom. The molecule has 2 aromatic carbocycles. The van der Waals surface area contributed by atoms with Crippen molar-refractivity contribution in [3.8, 4) is 5.75 Å². The first-order valence-electron chi connectivity index (χ1n) is 10.1. The molecular weight excluding hydrogens is 424 g/mol. The van der Waals surface area contributed by atoms with Crippen molar-refractivity contribution in [1.29, 1.82) is 0 Å². The van der Waals surface area contributed by atoms with Gasteiger partial charge in [-0.15, -0.1) is 0 Å². The van der Waals surface area contributed by atoms with Crippen molar-refractivity contribution in [3.05, 3.63) is 58.7 Å². The first-order valence-corrected chi connectivity index (χ1v) is 10.1. The van der Waals surface area contributed by atoms with Crippen LogP contribution in [0.25, 0.3) is 0 Å². The summed E-state index contributed by atoms with van der Waals surface area (Å²) in [6, 6.07) is 5.57. The van der Waals surface area contributed by atoms with Gasteiger partial charge in [-0.1, -0.05) is 0 Å². The molecule has 8 nitrogen and oxygen atoms in total. The highest BCUT2D eigenvalue weighted by molar-refractivity contribution is 6.06. The Morgan fingerprint density at radius 1 is 1.22 bits per heavy atom. The summed E-state index contributed by atoms with van der Waals surface area (Å²) < 4.78 is 38.8. The second-order valence-electron chi connectivity index (χ2n) is 7.66. The molecule has 2 aliphatic rings. The largest absolute Gasteiger partial charge is 0.492 e. The minimum atomic E-state index is -0.764. The van der Waals surface area contributed by atoms with Crippen LogP contribution in [-0.4, -0.2) is 37.2 Å². The Bertz CT molecular complexity index is 1080. The molecule has 168 valence electrons. The van der Waals surface area contributed by atoms with Crippen LogP contribution < -0.4 is 20.7 Å². The molecule has 0 aliphatic carbocycles. The van der Waals surface area contributed by atoms with Gasteiger partial charge >= 0.3 is 6.09 Å². The van der Waals surface area contributed by atoms with Crippen LogP contribution in [0.15, 0.2) is 30.3 Å². The Hall–Kier alpha value is -3.69. The van der Waals surface area contributed by atoms with E-state index in [4.69, 9.17) is 9.47 Å². The first-order chi connectivity index (χ1) is 15.3. The van der Waals surface area contributed by atoms with Gasteiger partial charge in [0.25, 0.3) is 5.91 Å². The molecule has 3 N–H and O–H groups in total. The summed E-state index contributed by atoms with van der Waals surface area (Å²) in [7, 11) is 0. The molecule has 0 saturated carbocycles. The molecule has 3 amide bonds. The van der Waals surface area contributed by atoms with Gasteiger partial charge in [0.05, 0.1) is 36.2 Å². The maximum atomic E-state index is 14.7. The molecule has 0 radical (unpaired) electrons. The van der Waals surface area contributed by atoms with E-state index >= 15 is 0 Å². The molecular formula is C22H21F2N3O5. The van der Waals surface area contributed by atoms with Crippen molar-refractivity contribution in [2.45, 2.75) is 31.8 Å². The van der Waals surface area contributed by atoms with Crippen LogP contribution in [-0.2, 0) is 9.53 Å². The zero-order valence-corrected chi connectivity index (χ0v) is 17.2. The standard InChI is InChI=1S/C22H21F2N3O5/c1-11-8-12(2-4-15(11)23)26-21(29)14-3-5-16(24)19-17(6-7-31-20(14)19)27-22(30)32-10-13-9-18(28)25-13/h2-5,8,13,17H,6-7,9-10H2,1H3,(H,25,28)(H,26,29)(H,27,30)/t13-,17-/m0/s1. The molecule has 2 atom stereocenters. The van der Waals surface area contributed by atoms with E-state index in [1.165, 1.54) is 24.3 Å². The lowest BCUT2D eigenvalue weighted by Crippen LogP contribution is -2.51. The minimum Gasteiger partial charge on any atom is -0.492 e. The molecule has 1 fully saturated rings. The maximum Gasteiger partial charge on any atom is 0.407 e. The van der Waals surface area contributed by atoms with Gasteiger partial charge in [-0.05, 0) is 42.8 Å². The summed E-state index contributed by atoms with van der Waals surface area (Å²) in [6.07, 6.45) is -0.199. The summed E-state index contributed by atoms with van der Waals surface area (Å²) >= 11 is 0. The van der Waals surface area contributed by atoms with E-state index in [1.807, 2.05) is 0 Å². The van der Waals surface area contributed by atoms with Gasteiger partial charge in [0, 0.05) is 12.1 Å². The normalized spacial score (nSPS) is 19.0. The summed E-state index contributed by atoms with van der Waals surface area (Å²) in [5.74, 6) is -1.67. The van der Waals surface area contributed by atoms with Crippen LogP contribution in [0, 0.1) is 18.6 Å². The molecule has 1 saturated heterocycles. The van der Waals surface area contributed by atoms with Crippen molar-refractivity contribution >= 4 is 23.6 Å². The highest BCUT2D eigenvalue weighted by Gasteiger charge is 2.32. The smallest absolute Gasteiger partial charge is 0.407 e. The Balaban J connectivity index is 1.49. The van der Waals surface area contributed by atoms with Crippen LogP contribution in [0.4, 0.5) is 19.3 Å². The SMILES string of the molecule is Cc1cc(NC(=O)c2ccc(F)c3c2OCC[C@@H]3NC(=O)OC[C@@H]2CC(=O)N2)ccc1F. The molecule has 10 heteroatoms. The van der Waals surface area contributed by atoms with E-state index < -0.39 is 29.7 Å². The molecule has 0 aromatic heterocycles. The number of nitrogens with one attached hydrogen (secondary N) is 3. The summed E-state index contributed by atoms with van der Waals surface area (Å²) in [6.45, 7) is 1.73. The topological polar surface area (TPSA) is 106 Å². The van der Waals surface area contributed by atoms with Gasteiger partial charge in [0.2, 0.25) is 5.91 Å². The van der Waals surface area contributed by atoms with E-state index in [9.17, 15) is 23.2 Å². The van der Waals surface area contributed by atoms with Gasteiger partial charge in [-0.25, -0.2) is 13.6 Å². The average Bonchev–Trinajstić information content (AvgIpc) is 2.73. The van der Waals surface area contributed by atoms with Crippen LogP contribution >= 0.6 is 0 Å². The van der Waals surface area contributed by atoms with E-state index in [2.05, 4.69) is 16.0 Å². The predicted octanol–water partition coefficient (Wildman–Crippen LogP) is 2.96. The fraction of sp³-hybridized carbons (Fsp3) is 0.318. The third kappa shape index (κ3) is 4.48. The van der Waals surface area contributed by atoms with Crippen molar-refractivity contribution in [3.63, 3.8) is 0 Å². The number of carbonyl (C=O) groups is 3. The Morgan fingerprint density at radius 3 is 2.69 bits per heavy atom. The maximum absolute atomic E-state index is 14.7. The number of halogens is 2. The average molecular weight is 445 g/mol. The number of β-lactam (4-membered cyclic amide) rings is 1. The quantitative estimate of drug-likeness (QED) is 0.614. The van der Waals surface area contributed by atoms with Gasteiger partial charge in [-0.2, -0.15) is 0 Å². The second kappa shape index (κ2) is 8.81. The lowest BCUT2D eigenvalue weighted by molar-refractivity contribution is -0.129. The van der Waals surface area contributed by atoms with E-state index in [-0.39, 0.29) is 54.9 Å². The van der Waals surface area contributed by atoms with Crippen LogP contribution in [0.5, 0.6) is 5.75 Å². The number of aryl methyl sites for hydroxylation is 1. The van der Waals surface area contributed by atoms with Gasteiger partial charge < -0.3 is 25.4 Å². The zero-order valence-electron chi connectivity index (χ0n) is 17.2. The summed E-state index contributed by atoms with van der Waals surface area (Å²) in [5, 5.41) is 7.82. The van der Waals surface area contributed by atoms with Crippen molar-refractivity contribution in [1.82, 2.24) is 10.6 Å². The molecule has 4 rings (SSSR count). The van der Waals surface area contributed by atoms with Crippen molar-refractivity contribution in [2.24, 2.45) is 0 Å². The predicted molar refractivity (Wildman–Crippen MR) is 109 cm³/mol. The van der Waals surface area contributed by atoms with E-state index in [1.54, 1.807) is 6.92 Å². The van der Waals surface area contributed by atoms with Gasteiger partial charge in [0.15, 0.2) is 0 Å². The van der Waals surface area contributed by atoms with Crippen LogP contribution in [0.3, 0.4) is 0 Å². The fourth-order valence-electron chi connectivity index (χ4n) is 3.61. The number of carbonyl (C=O) groups excluding carboxylic acids is 3. The molecule has 0 spiro atoms.